The molecule has 0 spiro atoms. The van der Waals surface area contributed by atoms with Gasteiger partial charge in [0.25, 0.3) is 0 Å². The summed E-state index contributed by atoms with van der Waals surface area (Å²) in [5, 5.41) is 1.43. The molecule has 2 aromatic heterocycles. The van der Waals surface area contributed by atoms with Gasteiger partial charge in [-0.25, -0.2) is 4.79 Å². The minimum Gasteiger partial charge on any atom is -0.493 e. The molecular formula is C39H31NO6. The Morgan fingerprint density at radius 2 is 1.15 bits per heavy atom. The average molecular weight is 610 g/mol. The van der Waals surface area contributed by atoms with E-state index in [1.807, 2.05) is 121 Å². The number of H-pyrrole nitrogens is 1. The van der Waals surface area contributed by atoms with Gasteiger partial charge < -0.3 is 28.3 Å². The Labute approximate surface area is 265 Å². The van der Waals surface area contributed by atoms with Crippen molar-refractivity contribution in [3.8, 4) is 34.1 Å². The molecule has 0 bridgehead atoms. The maximum atomic E-state index is 13.1. The zero-order valence-corrected chi connectivity index (χ0v) is 25.2. The summed E-state index contributed by atoms with van der Waals surface area (Å²) >= 11 is 0. The van der Waals surface area contributed by atoms with Crippen molar-refractivity contribution in [2.75, 3.05) is 7.11 Å². The number of benzene rings is 5. The molecule has 1 N–H and O–H groups in total. The van der Waals surface area contributed by atoms with Gasteiger partial charge in [-0.15, -0.1) is 0 Å². The summed E-state index contributed by atoms with van der Waals surface area (Å²) in [7, 11) is 1.56. The number of rotatable bonds is 11. The fourth-order valence-electron chi connectivity index (χ4n) is 5.45. The van der Waals surface area contributed by atoms with E-state index >= 15 is 0 Å². The number of ether oxygens (including phenoxy) is 4. The Bertz CT molecular complexity index is 2150. The Morgan fingerprint density at radius 3 is 1.72 bits per heavy atom. The van der Waals surface area contributed by atoms with Crippen LogP contribution in [0.2, 0.25) is 0 Å². The lowest BCUT2D eigenvalue weighted by molar-refractivity contribution is 0.256. The fraction of sp³-hybridized carbons (Fsp3) is 0.103. The summed E-state index contributed by atoms with van der Waals surface area (Å²) < 4.78 is 30.1. The average Bonchev–Trinajstić information content (AvgIpc) is 3.56. The number of nitrogens with one attached hydrogen (secondary N) is 1. The minimum absolute atomic E-state index is 0.356. The van der Waals surface area contributed by atoms with E-state index in [1.165, 1.54) is 0 Å². The summed E-state index contributed by atoms with van der Waals surface area (Å²) in [6.07, 6.45) is 1.82. The highest BCUT2D eigenvalue weighted by Gasteiger charge is 2.19. The van der Waals surface area contributed by atoms with E-state index < -0.39 is 5.63 Å². The molecule has 7 aromatic rings. The highest BCUT2D eigenvalue weighted by Crippen LogP contribution is 2.41. The number of hydrogen-bond acceptors (Lipinski definition) is 6. The molecule has 7 rings (SSSR count). The number of fused-ring (bicyclic) bond motifs is 3. The second-order valence-corrected chi connectivity index (χ2v) is 10.8. The van der Waals surface area contributed by atoms with Gasteiger partial charge >= 0.3 is 5.63 Å². The molecule has 7 heteroatoms. The standard InChI is InChI=1S/C39H31NO6/c1-42-34-21-33-30(20-36(34)45-25-28-15-9-4-10-16-28)37-31(22-40-38(37)39(41)46-33)29-17-18-32(43-23-26-11-5-2-6-12-26)35(19-29)44-24-27-13-7-3-8-14-27/h2-22,40H,23-25H2,1H3. The molecule has 46 heavy (non-hydrogen) atoms. The molecule has 0 aliphatic carbocycles. The molecule has 7 nitrogen and oxygen atoms in total. The third-order valence-electron chi connectivity index (χ3n) is 7.79. The Hall–Kier alpha value is -5.95. The number of hydrogen-bond donors (Lipinski definition) is 1. The van der Waals surface area contributed by atoms with Crippen LogP contribution in [0.3, 0.4) is 0 Å². The molecule has 0 aliphatic heterocycles. The maximum Gasteiger partial charge on any atom is 0.360 e. The first kappa shape index (κ1) is 28.8. The summed E-state index contributed by atoms with van der Waals surface area (Å²) in [6, 6.07) is 39.3. The minimum atomic E-state index is -0.475. The van der Waals surface area contributed by atoms with Crippen LogP contribution in [0, 0.1) is 0 Å². The van der Waals surface area contributed by atoms with Crippen molar-refractivity contribution in [3.63, 3.8) is 0 Å². The quantitative estimate of drug-likeness (QED) is 0.148. The third-order valence-corrected chi connectivity index (χ3v) is 7.79. The van der Waals surface area contributed by atoms with Gasteiger partial charge in [-0.1, -0.05) is 97.1 Å². The third kappa shape index (κ3) is 6.03. The largest absolute Gasteiger partial charge is 0.493 e. The van der Waals surface area contributed by atoms with Crippen LogP contribution in [-0.2, 0) is 19.8 Å². The molecule has 228 valence electrons. The first-order valence-electron chi connectivity index (χ1n) is 15.0. The SMILES string of the molecule is COc1cc2oc(=O)c3[nH]cc(-c4ccc(OCc5ccccc5)c(OCc5ccccc5)c4)c3c2cc1OCc1ccccc1. The van der Waals surface area contributed by atoms with Crippen LogP contribution >= 0.6 is 0 Å². The van der Waals surface area contributed by atoms with E-state index in [4.69, 9.17) is 23.4 Å². The lowest BCUT2D eigenvalue weighted by atomic mass is 10.0. The van der Waals surface area contributed by atoms with Crippen molar-refractivity contribution in [1.82, 2.24) is 4.98 Å². The molecule has 0 saturated carbocycles. The topological polar surface area (TPSA) is 82.9 Å². The van der Waals surface area contributed by atoms with E-state index in [-0.39, 0.29) is 0 Å². The molecule has 2 heterocycles. The molecule has 5 aromatic carbocycles. The van der Waals surface area contributed by atoms with Crippen molar-refractivity contribution in [3.05, 3.63) is 155 Å². The smallest absolute Gasteiger partial charge is 0.360 e. The van der Waals surface area contributed by atoms with Gasteiger partial charge in [-0.2, -0.15) is 0 Å². The maximum absolute atomic E-state index is 13.1. The van der Waals surface area contributed by atoms with Crippen LogP contribution in [0.25, 0.3) is 33.0 Å². The highest BCUT2D eigenvalue weighted by molar-refractivity contribution is 6.12. The van der Waals surface area contributed by atoms with Crippen LogP contribution in [0.1, 0.15) is 16.7 Å². The van der Waals surface area contributed by atoms with Gasteiger partial charge in [0.05, 0.1) is 7.11 Å². The summed E-state index contributed by atoms with van der Waals surface area (Å²) in [5.74, 6) is 2.22. The van der Waals surface area contributed by atoms with Crippen molar-refractivity contribution in [2.24, 2.45) is 0 Å². The summed E-state index contributed by atoms with van der Waals surface area (Å²) in [5.41, 5.74) is 5.04. The van der Waals surface area contributed by atoms with Crippen LogP contribution in [0.5, 0.6) is 23.0 Å². The Morgan fingerprint density at radius 1 is 0.609 bits per heavy atom. The van der Waals surface area contributed by atoms with Crippen molar-refractivity contribution in [2.45, 2.75) is 19.8 Å². The molecule has 0 unspecified atom stereocenters. The second kappa shape index (κ2) is 13.0. The first-order chi connectivity index (χ1) is 22.7. The van der Waals surface area contributed by atoms with Gasteiger partial charge in [0, 0.05) is 28.6 Å². The van der Waals surface area contributed by atoms with E-state index in [9.17, 15) is 4.79 Å². The molecule has 0 amide bonds. The van der Waals surface area contributed by atoms with Gasteiger partial charge in [-0.3, -0.25) is 0 Å². The molecule has 0 aliphatic rings. The first-order valence-corrected chi connectivity index (χ1v) is 15.0. The van der Waals surface area contributed by atoms with E-state index in [2.05, 4.69) is 4.98 Å². The molecule has 0 fully saturated rings. The van der Waals surface area contributed by atoms with Crippen LogP contribution in [0.4, 0.5) is 0 Å². The normalized spacial score (nSPS) is 11.1. The van der Waals surface area contributed by atoms with Gasteiger partial charge in [-0.05, 0) is 40.5 Å². The van der Waals surface area contributed by atoms with Crippen molar-refractivity contribution < 1.29 is 23.4 Å². The molecule has 0 saturated heterocycles. The highest BCUT2D eigenvalue weighted by atomic mass is 16.5. The van der Waals surface area contributed by atoms with Crippen LogP contribution < -0.4 is 24.6 Å². The zero-order chi connectivity index (χ0) is 31.3. The molecular weight excluding hydrogens is 578 g/mol. The number of methoxy groups -OCH3 is 1. The summed E-state index contributed by atoms with van der Waals surface area (Å²) in [4.78, 5) is 16.3. The monoisotopic (exact) mass is 609 g/mol. The second-order valence-electron chi connectivity index (χ2n) is 10.8. The zero-order valence-electron chi connectivity index (χ0n) is 25.2. The van der Waals surface area contributed by atoms with E-state index in [1.54, 1.807) is 13.2 Å². The van der Waals surface area contributed by atoms with Crippen LogP contribution in [-0.4, -0.2) is 12.1 Å². The lowest BCUT2D eigenvalue weighted by Crippen LogP contribution is -2.02. The van der Waals surface area contributed by atoms with Crippen molar-refractivity contribution >= 4 is 21.9 Å². The lowest BCUT2D eigenvalue weighted by Gasteiger charge is -2.15. The van der Waals surface area contributed by atoms with Crippen LogP contribution in [0.15, 0.2) is 137 Å². The van der Waals surface area contributed by atoms with Crippen molar-refractivity contribution in [1.29, 1.82) is 0 Å². The van der Waals surface area contributed by atoms with Gasteiger partial charge in [0.1, 0.15) is 30.9 Å². The van der Waals surface area contributed by atoms with Gasteiger partial charge in [0.2, 0.25) is 0 Å². The van der Waals surface area contributed by atoms with Gasteiger partial charge in [0.15, 0.2) is 23.0 Å². The molecule has 0 radical (unpaired) electrons. The predicted octanol–water partition coefficient (Wildman–Crippen LogP) is 8.69. The van der Waals surface area contributed by atoms with E-state index in [0.717, 1.165) is 27.8 Å². The Kier molecular flexibility index (Phi) is 8.11. The predicted molar refractivity (Wildman–Crippen MR) is 179 cm³/mol. The molecule has 0 atom stereocenters. The summed E-state index contributed by atoms with van der Waals surface area (Å²) in [6.45, 7) is 1.12. The fourth-order valence-corrected chi connectivity index (χ4v) is 5.45. The number of aromatic nitrogens is 1. The Balaban J connectivity index is 1.30. The van der Waals surface area contributed by atoms with E-state index in [0.29, 0.717) is 64.7 Å². The number of aromatic amines is 1.